The van der Waals surface area contributed by atoms with Crippen LogP contribution in [-0.4, -0.2) is 4.98 Å². The Morgan fingerprint density at radius 1 is 1.44 bits per heavy atom. The third kappa shape index (κ3) is 2.66. The first-order valence-electron chi connectivity index (χ1n) is 5.56. The van der Waals surface area contributed by atoms with Crippen LogP contribution in [0.2, 0.25) is 0 Å². The van der Waals surface area contributed by atoms with E-state index in [4.69, 9.17) is 5.26 Å². The highest BCUT2D eigenvalue weighted by molar-refractivity contribution is 7.15. The highest BCUT2D eigenvalue weighted by atomic mass is 32.1. The molecular formula is C13H12FN3S. The van der Waals surface area contributed by atoms with Crippen LogP contribution in [0.15, 0.2) is 18.2 Å². The van der Waals surface area contributed by atoms with Gasteiger partial charge in [-0.15, -0.1) is 11.3 Å². The summed E-state index contributed by atoms with van der Waals surface area (Å²) in [6.07, 6.45) is 0.872. The summed E-state index contributed by atoms with van der Waals surface area (Å²) in [4.78, 5) is 5.56. The van der Waals surface area contributed by atoms with Gasteiger partial charge in [-0.3, -0.25) is 0 Å². The number of aromatic nitrogens is 1. The van der Waals surface area contributed by atoms with E-state index in [9.17, 15) is 4.39 Å². The van der Waals surface area contributed by atoms with Crippen molar-refractivity contribution in [3.63, 3.8) is 0 Å². The summed E-state index contributed by atoms with van der Waals surface area (Å²) < 4.78 is 13.3. The van der Waals surface area contributed by atoms with Gasteiger partial charge in [0, 0.05) is 10.6 Å². The summed E-state index contributed by atoms with van der Waals surface area (Å²) in [5, 5.41) is 12.5. The van der Waals surface area contributed by atoms with Crippen LogP contribution < -0.4 is 5.32 Å². The Balaban J connectivity index is 2.28. The van der Waals surface area contributed by atoms with Crippen molar-refractivity contribution in [3.8, 4) is 6.07 Å². The first kappa shape index (κ1) is 12.5. The minimum absolute atomic E-state index is 0.293. The predicted molar refractivity (Wildman–Crippen MR) is 70.6 cm³/mol. The van der Waals surface area contributed by atoms with Crippen LogP contribution in [0.25, 0.3) is 0 Å². The van der Waals surface area contributed by atoms with Crippen molar-refractivity contribution in [1.82, 2.24) is 4.98 Å². The van der Waals surface area contributed by atoms with Gasteiger partial charge in [0.05, 0.1) is 17.3 Å². The third-order valence-electron chi connectivity index (χ3n) is 2.51. The standard InChI is InChI=1S/C13H12FN3S/c1-3-12-8(2)18-13(17-12)16-11-5-9(7-15)4-10(14)6-11/h4-6H,3H2,1-2H3,(H,16,17). The fourth-order valence-electron chi connectivity index (χ4n) is 1.66. The number of nitriles is 1. The summed E-state index contributed by atoms with van der Waals surface area (Å²) >= 11 is 1.53. The molecule has 0 saturated carbocycles. The van der Waals surface area contributed by atoms with E-state index in [2.05, 4.69) is 10.3 Å². The minimum atomic E-state index is -0.430. The van der Waals surface area contributed by atoms with Crippen LogP contribution in [0.5, 0.6) is 0 Å². The molecule has 5 heteroatoms. The third-order valence-corrected chi connectivity index (χ3v) is 3.43. The molecule has 2 rings (SSSR count). The van der Waals surface area contributed by atoms with Gasteiger partial charge in [0.15, 0.2) is 5.13 Å². The molecule has 0 unspecified atom stereocenters. The van der Waals surface area contributed by atoms with Gasteiger partial charge in [0.2, 0.25) is 0 Å². The number of hydrogen-bond donors (Lipinski definition) is 1. The van der Waals surface area contributed by atoms with Gasteiger partial charge in [0.25, 0.3) is 0 Å². The lowest BCUT2D eigenvalue weighted by Gasteiger charge is -2.03. The number of hydrogen-bond acceptors (Lipinski definition) is 4. The Morgan fingerprint density at radius 3 is 2.83 bits per heavy atom. The van der Waals surface area contributed by atoms with Gasteiger partial charge in [0.1, 0.15) is 5.82 Å². The Hall–Kier alpha value is -1.93. The fourth-order valence-corrected chi connectivity index (χ4v) is 2.58. The van der Waals surface area contributed by atoms with Crippen molar-refractivity contribution in [2.75, 3.05) is 5.32 Å². The smallest absolute Gasteiger partial charge is 0.187 e. The Bertz CT molecular complexity index is 613. The molecule has 0 atom stereocenters. The van der Waals surface area contributed by atoms with Gasteiger partial charge in [-0.1, -0.05) is 6.92 Å². The van der Waals surface area contributed by atoms with Gasteiger partial charge < -0.3 is 5.32 Å². The molecule has 0 bridgehead atoms. The van der Waals surface area contributed by atoms with E-state index < -0.39 is 5.82 Å². The SMILES string of the molecule is CCc1nc(Nc2cc(F)cc(C#N)c2)sc1C. The zero-order chi connectivity index (χ0) is 13.1. The largest absolute Gasteiger partial charge is 0.331 e. The molecule has 1 N–H and O–H groups in total. The van der Waals surface area contributed by atoms with Crippen molar-refractivity contribution < 1.29 is 4.39 Å². The molecule has 0 amide bonds. The molecule has 3 nitrogen and oxygen atoms in total. The van der Waals surface area contributed by atoms with Gasteiger partial charge in [-0.05, 0) is 31.5 Å². The summed E-state index contributed by atoms with van der Waals surface area (Å²) in [7, 11) is 0. The van der Waals surface area contributed by atoms with Crippen LogP contribution in [0, 0.1) is 24.1 Å². The Kier molecular flexibility index (Phi) is 3.58. The molecule has 0 saturated heterocycles. The average molecular weight is 261 g/mol. The second kappa shape index (κ2) is 5.15. The quantitative estimate of drug-likeness (QED) is 0.915. The second-order valence-electron chi connectivity index (χ2n) is 3.84. The van der Waals surface area contributed by atoms with Crippen LogP contribution in [-0.2, 0) is 6.42 Å². The molecule has 1 heterocycles. The second-order valence-corrected chi connectivity index (χ2v) is 5.04. The van der Waals surface area contributed by atoms with Crippen molar-refractivity contribution in [2.24, 2.45) is 0 Å². The van der Waals surface area contributed by atoms with E-state index in [1.807, 2.05) is 19.9 Å². The van der Waals surface area contributed by atoms with E-state index >= 15 is 0 Å². The van der Waals surface area contributed by atoms with Gasteiger partial charge in [-0.25, -0.2) is 9.37 Å². The fraction of sp³-hybridized carbons (Fsp3) is 0.231. The number of benzene rings is 1. The number of nitrogens with zero attached hydrogens (tertiary/aromatic N) is 2. The van der Waals surface area contributed by atoms with Crippen molar-refractivity contribution >= 4 is 22.2 Å². The molecule has 0 radical (unpaired) electrons. The van der Waals surface area contributed by atoms with Crippen LogP contribution in [0.1, 0.15) is 23.1 Å². The Morgan fingerprint density at radius 2 is 2.22 bits per heavy atom. The number of rotatable bonds is 3. The van der Waals surface area contributed by atoms with Crippen LogP contribution in [0.4, 0.5) is 15.2 Å². The van der Waals surface area contributed by atoms with E-state index in [1.54, 1.807) is 6.07 Å². The van der Waals surface area contributed by atoms with Gasteiger partial charge >= 0.3 is 0 Å². The summed E-state index contributed by atoms with van der Waals surface area (Å²) in [6, 6.07) is 6.08. The van der Waals surface area contributed by atoms with Crippen molar-refractivity contribution in [1.29, 1.82) is 5.26 Å². The van der Waals surface area contributed by atoms with Gasteiger partial charge in [-0.2, -0.15) is 5.26 Å². The van der Waals surface area contributed by atoms with Crippen LogP contribution in [0.3, 0.4) is 0 Å². The summed E-state index contributed by atoms with van der Waals surface area (Å²) in [6.45, 7) is 4.05. The number of nitrogens with one attached hydrogen (secondary N) is 1. The number of aryl methyl sites for hydroxylation is 2. The maximum Gasteiger partial charge on any atom is 0.187 e. The number of halogens is 1. The molecule has 1 aromatic carbocycles. The topological polar surface area (TPSA) is 48.7 Å². The first-order valence-corrected chi connectivity index (χ1v) is 6.38. The molecule has 0 aliphatic carbocycles. The van der Waals surface area contributed by atoms with Crippen molar-refractivity contribution in [2.45, 2.75) is 20.3 Å². The minimum Gasteiger partial charge on any atom is -0.331 e. The van der Waals surface area contributed by atoms with E-state index in [0.29, 0.717) is 11.3 Å². The lowest BCUT2D eigenvalue weighted by Crippen LogP contribution is -1.92. The normalized spacial score (nSPS) is 10.1. The first-order chi connectivity index (χ1) is 8.62. The molecule has 0 spiro atoms. The summed E-state index contributed by atoms with van der Waals surface area (Å²) in [5.41, 5.74) is 1.88. The molecular weight excluding hydrogens is 249 g/mol. The lowest BCUT2D eigenvalue weighted by molar-refractivity contribution is 0.628. The number of anilines is 2. The number of thiazole rings is 1. The molecule has 1 aromatic heterocycles. The zero-order valence-corrected chi connectivity index (χ0v) is 10.9. The molecule has 0 fully saturated rings. The zero-order valence-electron chi connectivity index (χ0n) is 10.1. The van der Waals surface area contributed by atoms with Crippen LogP contribution >= 0.6 is 11.3 Å². The molecule has 0 aliphatic heterocycles. The molecule has 18 heavy (non-hydrogen) atoms. The maximum atomic E-state index is 13.3. The Labute approximate surface area is 109 Å². The van der Waals surface area contributed by atoms with E-state index in [-0.39, 0.29) is 0 Å². The summed E-state index contributed by atoms with van der Waals surface area (Å²) in [5.74, 6) is -0.430. The lowest BCUT2D eigenvalue weighted by atomic mass is 10.2. The molecule has 92 valence electrons. The molecule has 2 aromatic rings. The maximum absolute atomic E-state index is 13.3. The predicted octanol–water partition coefficient (Wildman–Crippen LogP) is 3.77. The van der Waals surface area contributed by atoms with E-state index in [1.165, 1.54) is 23.5 Å². The molecule has 0 aliphatic rings. The monoisotopic (exact) mass is 261 g/mol. The average Bonchev–Trinajstić information content (AvgIpc) is 2.68. The highest BCUT2D eigenvalue weighted by Crippen LogP contribution is 2.26. The van der Waals surface area contributed by atoms with Crippen molar-refractivity contribution in [3.05, 3.63) is 40.2 Å². The van der Waals surface area contributed by atoms with E-state index in [0.717, 1.165) is 22.1 Å². The highest BCUT2D eigenvalue weighted by Gasteiger charge is 2.07.